The quantitative estimate of drug-likeness (QED) is 0.724. The summed E-state index contributed by atoms with van der Waals surface area (Å²) >= 11 is 1.80. The van der Waals surface area contributed by atoms with Crippen LogP contribution in [0.2, 0.25) is 0 Å². The molecule has 0 aromatic rings. The number of thioether (sulfide) groups is 1. The summed E-state index contributed by atoms with van der Waals surface area (Å²) in [5, 5.41) is 6.06. The molecule has 5 nitrogen and oxygen atoms in total. The Morgan fingerprint density at radius 1 is 1.53 bits per heavy atom. The molecule has 0 aromatic heterocycles. The van der Waals surface area contributed by atoms with Crippen molar-refractivity contribution in [3.63, 3.8) is 0 Å². The summed E-state index contributed by atoms with van der Waals surface area (Å²) < 4.78 is 0. The van der Waals surface area contributed by atoms with Crippen molar-refractivity contribution in [2.45, 2.75) is 19.4 Å². The molecule has 2 rings (SSSR count). The molecule has 96 valence electrons. The summed E-state index contributed by atoms with van der Waals surface area (Å²) in [7, 11) is 0. The van der Waals surface area contributed by atoms with Crippen molar-refractivity contribution in [1.29, 1.82) is 0 Å². The van der Waals surface area contributed by atoms with Crippen LogP contribution in [0.4, 0.5) is 0 Å². The minimum absolute atomic E-state index is 0.00396. The van der Waals surface area contributed by atoms with Crippen LogP contribution in [-0.2, 0) is 9.59 Å². The number of carbonyl (C=O) groups is 2. The van der Waals surface area contributed by atoms with E-state index in [-0.39, 0.29) is 17.9 Å². The third kappa shape index (κ3) is 3.35. The predicted molar refractivity (Wildman–Crippen MR) is 67.6 cm³/mol. The van der Waals surface area contributed by atoms with Crippen molar-refractivity contribution in [3.8, 4) is 0 Å². The molecule has 2 aliphatic rings. The first-order valence-electron chi connectivity index (χ1n) is 6.01. The van der Waals surface area contributed by atoms with Gasteiger partial charge in [-0.05, 0) is 12.3 Å². The number of amides is 2. The second-order valence-electron chi connectivity index (χ2n) is 4.64. The van der Waals surface area contributed by atoms with E-state index in [2.05, 4.69) is 10.6 Å². The summed E-state index contributed by atoms with van der Waals surface area (Å²) in [5.41, 5.74) is 0. The van der Waals surface area contributed by atoms with Crippen LogP contribution in [0.25, 0.3) is 0 Å². The Labute approximate surface area is 106 Å². The van der Waals surface area contributed by atoms with E-state index in [4.69, 9.17) is 0 Å². The highest BCUT2D eigenvalue weighted by atomic mass is 32.2. The lowest BCUT2D eigenvalue weighted by Gasteiger charge is -2.19. The number of nitrogens with one attached hydrogen (secondary N) is 2. The highest BCUT2D eigenvalue weighted by Gasteiger charge is 2.33. The Bertz CT molecular complexity index is 305. The smallest absolute Gasteiger partial charge is 0.240 e. The number of carbonyl (C=O) groups excluding carboxylic acids is 2. The van der Waals surface area contributed by atoms with E-state index < -0.39 is 0 Å². The van der Waals surface area contributed by atoms with Gasteiger partial charge in [-0.1, -0.05) is 0 Å². The lowest BCUT2D eigenvalue weighted by atomic mass is 10.1. The highest BCUT2D eigenvalue weighted by molar-refractivity contribution is 7.99. The van der Waals surface area contributed by atoms with Crippen molar-refractivity contribution in [3.05, 3.63) is 0 Å². The Morgan fingerprint density at radius 2 is 2.35 bits per heavy atom. The number of rotatable bonds is 3. The molecule has 0 aromatic carbocycles. The van der Waals surface area contributed by atoms with Gasteiger partial charge in [0.25, 0.3) is 0 Å². The Kier molecular flexibility index (Phi) is 4.28. The van der Waals surface area contributed by atoms with Gasteiger partial charge in [0.1, 0.15) is 0 Å². The molecule has 2 atom stereocenters. The normalized spacial score (nSPS) is 28.4. The van der Waals surface area contributed by atoms with E-state index >= 15 is 0 Å². The van der Waals surface area contributed by atoms with E-state index in [1.165, 1.54) is 6.92 Å². The van der Waals surface area contributed by atoms with Crippen molar-refractivity contribution in [2.75, 3.05) is 31.3 Å². The molecular weight excluding hydrogens is 238 g/mol. The minimum Gasteiger partial charge on any atom is -0.356 e. The van der Waals surface area contributed by atoms with Gasteiger partial charge in [-0.15, -0.1) is 11.8 Å². The maximum absolute atomic E-state index is 12.1. The topological polar surface area (TPSA) is 61.4 Å². The molecule has 0 bridgehead atoms. The lowest BCUT2D eigenvalue weighted by Crippen LogP contribution is -2.42. The summed E-state index contributed by atoms with van der Waals surface area (Å²) in [6.07, 6.45) is 0.834. The van der Waals surface area contributed by atoms with Crippen LogP contribution in [0.1, 0.15) is 13.3 Å². The Hall–Kier alpha value is -0.750. The van der Waals surface area contributed by atoms with Crippen molar-refractivity contribution < 1.29 is 9.59 Å². The van der Waals surface area contributed by atoms with Crippen LogP contribution in [0.5, 0.6) is 0 Å². The SMILES string of the molecule is CC(=O)NCC1CNC(C(=O)N2CCSC2)C1. The van der Waals surface area contributed by atoms with Crippen LogP contribution in [-0.4, -0.2) is 54.0 Å². The molecule has 0 aliphatic carbocycles. The third-order valence-electron chi connectivity index (χ3n) is 3.22. The average Bonchev–Trinajstić information content (AvgIpc) is 2.97. The first kappa shape index (κ1) is 12.7. The molecule has 0 saturated carbocycles. The molecule has 17 heavy (non-hydrogen) atoms. The number of nitrogens with zero attached hydrogens (tertiary/aromatic N) is 1. The molecule has 2 heterocycles. The third-order valence-corrected chi connectivity index (χ3v) is 4.19. The molecule has 2 fully saturated rings. The molecule has 0 spiro atoms. The number of hydrogen-bond acceptors (Lipinski definition) is 4. The maximum atomic E-state index is 12.1. The van der Waals surface area contributed by atoms with Gasteiger partial charge in [0, 0.05) is 32.3 Å². The minimum atomic E-state index is -0.0486. The second kappa shape index (κ2) is 5.73. The molecular formula is C11H19N3O2S. The summed E-state index contributed by atoms with van der Waals surface area (Å²) in [6.45, 7) is 3.88. The largest absolute Gasteiger partial charge is 0.356 e. The van der Waals surface area contributed by atoms with Gasteiger partial charge >= 0.3 is 0 Å². The predicted octanol–water partition coefficient (Wildman–Crippen LogP) is -0.366. The lowest BCUT2D eigenvalue weighted by molar-refractivity contribution is -0.131. The zero-order valence-electron chi connectivity index (χ0n) is 10.1. The van der Waals surface area contributed by atoms with Gasteiger partial charge in [0.05, 0.1) is 11.9 Å². The van der Waals surface area contributed by atoms with Gasteiger partial charge < -0.3 is 15.5 Å². The van der Waals surface area contributed by atoms with Gasteiger partial charge in [0.2, 0.25) is 11.8 Å². The first-order valence-corrected chi connectivity index (χ1v) is 7.16. The van der Waals surface area contributed by atoms with Gasteiger partial charge in [-0.3, -0.25) is 9.59 Å². The van der Waals surface area contributed by atoms with Gasteiger partial charge in [-0.2, -0.15) is 0 Å². The van der Waals surface area contributed by atoms with Crippen LogP contribution < -0.4 is 10.6 Å². The maximum Gasteiger partial charge on any atom is 0.240 e. The van der Waals surface area contributed by atoms with Gasteiger partial charge in [-0.25, -0.2) is 0 Å². The fourth-order valence-corrected chi connectivity index (χ4v) is 3.20. The second-order valence-corrected chi connectivity index (χ2v) is 5.71. The summed E-state index contributed by atoms with van der Waals surface area (Å²) in [5.74, 6) is 2.47. The molecule has 0 radical (unpaired) electrons. The monoisotopic (exact) mass is 257 g/mol. The average molecular weight is 257 g/mol. The van der Waals surface area contributed by atoms with E-state index in [1.807, 2.05) is 4.90 Å². The molecule has 2 saturated heterocycles. The Morgan fingerprint density at radius 3 is 3.00 bits per heavy atom. The first-order chi connectivity index (χ1) is 8.16. The van der Waals surface area contributed by atoms with Crippen LogP contribution in [0, 0.1) is 5.92 Å². The molecule has 2 N–H and O–H groups in total. The molecule has 2 unspecified atom stereocenters. The van der Waals surface area contributed by atoms with Gasteiger partial charge in [0.15, 0.2) is 0 Å². The van der Waals surface area contributed by atoms with E-state index in [0.717, 1.165) is 31.1 Å². The molecule has 2 aliphatic heterocycles. The van der Waals surface area contributed by atoms with Crippen molar-refractivity contribution in [2.24, 2.45) is 5.92 Å². The number of hydrogen-bond donors (Lipinski definition) is 2. The van der Waals surface area contributed by atoms with Crippen molar-refractivity contribution in [1.82, 2.24) is 15.5 Å². The van der Waals surface area contributed by atoms with E-state index in [0.29, 0.717) is 12.5 Å². The van der Waals surface area contributed by atoms with Crippen molar-refractivity contribution >= 4 is 23.6 Å². The van der Waals surface area contributed by atoms with Crippen LogP contribution in [0.3, 0.4) is 0 Å². The van der Waals surface area contributed by atoms with E-state index in [1.54, 1.807) is 11.8 Å². The Balaban J connectivity index is 1.76. The highest BCUT2D eigenvalue weighted by Crippen LogP contribution is 2.19. The summed E-state index contributed by atoms with van der Waals surface area (Å²) in [6, 6.07) is -0.0486. The molecule has 6 heteroatoms. The standard InChI is InChI=1S/C11H19N3O2S/c1-8(15)12-5-9-4-10(13-6-9)11(16)14-2-3-17-7-14/h9-10,13H,2-7H2,1H3,(H,12,15). The van der Waals surface area contributed by atoms with Crippen LogP contribution in [0.15, 0.2) is 0 Å². The molecule has 2 amide bonds. The zero-order chi connectivity index (χ0) is 12.3. The fraction of sp³-hybridized carbons (Fsp3) is 0.818. The fourth-order valence-electron chi connectivity index (χ4n) is 2.25. The van der Waals surface area contributed by atoms with Crippen LogP contribution >= 0.6 is 11.8 Å². The zero-order valence-corrected chi connectivity index (χ0v) is 10.9. The summed E-state index contributed by atoms with van der Waals surface area (Å²) in [4.78, 5) is 24.8. The van der Waals surface area contributed by atoms with E-state index in [9.17, 15) is 9.59 Å².